The van der Waals surface area contributed by atoms with Gasteiger partial charge in [0.25, 0.3) is 5.91 Å². The van der Waals surface area contributed by atoms with Crippen molar-refractivity contribution in [3.8, 4) is 0 Å². The van der Waals surface area contributed by atoms with E-state index in [4.69, 9.17) is 5.73 Å². The van der Waals surface area contributed by atoms with E-state index in [9.17, 15) is 9.18 Å². The molecule has 1 aliphatic rings. The molecule has 0 atom stereocenters. The summed E-state index contributed by atoms with van der Waals surface area (Å²) in [5, 5.41) is 0. The van der Waals surface area contributed by atoms with E-state index in [1.807, 2.05) is 6.92 Å². The minimum atomic E-state index is -0.426. The average molecular weight is 236 g/mol. The first-order valence-electron chi connectivity index (χ1n) is 5.96. The molecule has 0 radical (unpaired) electrons. The van der Waals surface area contributed by atoms with Crippen LogP contribution in [-0.2, 0) is 0 Å². The summed E-state index contributed by atoms with van der Waals surface area (Å²) in [6, 6.07) is 3.92. The highest BCUT2D eigenvalue weighted by Crippen LogP contribution is 2.30. The number of carbonyl (C=O) groups excluding carboxylic acids is 1. The van der Waals surface area contributed by atoms with Gasteiger partial charge in [-0.3, -0.25) is 4.79 Å². The molecule has 1 amide bonds. The molecule has 2 rings (SSSR count). The van der Waals surface area contributed by atoms with E-state index in [-0.39, 0.29) is 11.5 Å². The first-order valence-corrected chi connectivity index (χ1v) is 5.96. The van der Waals surface area contributed by atoms with Crippen LogP contribution in [0.15, 0.2) is 18.2 Å². The Kier molecular flexibility index (Phi) is 3.31. The lowest BCUT2D eigenvalue weighted by atomic mass is 10.1. The molecule has 0 bridgehead atoms. The van der Waals surface area contributed by atoms with Gasteiger partial charge in [0.15, 0.2) is 0 Å². The highest BCUT2D eigenvalue weighted by molar-refractivity contribution is 5.99. The van der Waals surface area contributed by atoms with Crippen molar-refractivity contribution in [2.75, 3.05) is 18.8 Å². The lowest BCUT2D eigenvalue weighted by Crippen LogP contribution is -2.33. The van der Waals surface area contributed by atoms with Crippen molar-refractivity contribution in [1.82, 2.24) is 4.90 Å². The first kappa shape index (κ1) is 11.9. The topological polar surface area (TPSA) is 46.3 Å². The number of hydrogen-bond acceptors (Lipinski definition) is 2. The van der Waals surface area contributed by atoms with Gasteiger partial charge >= 0.3 is 0 Å². The van der Waals surface area contributed by atoms with Gasteiger partial charge in [0.05, 0.1) is 5.56 Å². The molecule has 0 aliphatic heterocycles. The standard InChI is InChI=1S/C13H17FN2O/c1-2-16(8-9-3-4-9)13(17)11-7-10(14)5-6-12(11)15/h5-7,9H,2-4,8,15H2,1H3. The van der Waals surface area contributed by atoms with E-state index in [0.29, 0.717) is 18.2 Å². The Balaban J connectivity index is 2.18. The van der Waals surface area contributed by atoms with Crippen molar-refractivity contribution < 1.29 is 9.18 Å². The van der Waals surface area contributed by atoms with Crippen LogP contribution in [0.3, 0.4) is 0 Å². The lowest BCUT2D eigenvalue weighted by Gasteiger charge is -2.21. The number of amides is 1. The Labute approximate surface area is 100 Å². The van der Waals surface area contributed by atoms with E-state index in [0.717, 1.165) is 6.54 Å². The second kappa shape index (κ2) is 4.73. The molecule has 0 heterocycles. The van der Waals surface area contributed by atoms with E-state index >= 15 is 0 Å². The Bertz CT molecular complexity index is 429. The first-order chi connectivity index (χ1) is 8.11. The fourth-order valence-corrected chi connectivity index (χ4v) is 1.85. The molecule has 0 unspecified atom stereocenters. The zero-order chi connectivity index (χ0) is 12.4. The summed E-state index contributed by atoms with van der Waals surface area (Å²) in [6.07, 6.45) is 2.37. The van der Waals surface area contributed by atoms with E-state index < -0.39 is 5.82 Å². The SMILES string of the molecule is CCN(CC1CC1)C(=O)c1cc(F)ccc1N. The van der Waals surface area contributed by atoms with Crippen molar-refractivity contribution in [2.24, 2.45) is 5.92 Å². The van der Waals surface area contributed by atoms with Gasteiger partial charge in [-0.25, -0.2) is 4.39 Å². The molecule has 1 saturated carbocycles. The molecule has 0 saturated heterocycles. The number of carbonyl (C=O) groups is 1. The molecule has 1 aliphatic carbocycles. The molecule has 2 N–H and O–H groups in total. The third kappa shape index (κ3) is 2.75. The van der Waals surface area contributed by atoms with Gasteiger partial charge in [-0.05, 0) is 43.9 Å². The monoisotopic (exact) mass is 236 g/mol. The quantitative estimate of drug-likeness (QED) is 0.815. The zero-order valence-electron chi connectivity index (χ0n) is 9.95. The van der Waals surface area contributed by atoms with Crippen molar-refractivity contribution >= 4 is 11.6 Å². The summed E-state index contributed by atoms with van der Waals surface area (Å²) in [7, 11) is 0. The Morgan fingerprint density at radius 1 is 1.53 bits per heavy atom. The summed E-state index contributed by atoms with van der Waals surface area (Å²) < 4.78 is 13.1. The molecule has 4 heteroatoms. The number of hydrogen-bond donors (Lipinski definition) is 1. The number of benzene rings is 1. The van der Waals surface area contributed by atoms with Crippen molar-refractivity contribution in [2.45, 2.75) is 19.8 Å². The fourth-order valence-electron chi connectivity index (χ4n) is 1.85. The molecule has 1 aromatic carbocycles. The normalized spacial score (nSPS) is 14.7. The summed E-state index contributed by atoms with van der Waals surface area (Å²) in [4.78, 5) is 13.9. The number of anilines is 1. The van der Waals surface area contributed by atoms with Gasteiger partial charge in [-0.1, -0.05) is 0 Å². The molecule has 92 valence electrons. The van der Waals surface area contributed by atoms with Gasteiger partial charge in [0.1, 0.15) is 5.82 Å². The van der Waals surface area contributed by atoms with Crippen LogP contribution in [0.5, 0.6) is 0 Å². The maximum absolute atomic E-state index is 13.1. The summed E-state index contributed by atoms with van der Waals surface area (Å²) in [6.45, 7) is 3.31. The third-order valence-electron chi connectivity index (χ3n) is 3.09. The summed E-state index contributed by atoms with van der Waals surface area (Å²) in [5.41, 5.74) is 6.32. The molecular weight excluding hydrogens is 219 g/mol. The second-order valence-corrected chi connectivity index (χ2v) is 4.52. The van der Waals surface area contributed by atoms with Crippen LogP contribution >= 0.6 is 0 Å². The van der Waals surface area contributed by atoms with Crippen LogP contribution in [0.4, 0.5) is 10.1 Å². The smallest absolute Gasteiger partial charge is 0.256 e. The molecular formula is C13H17FN2O. The average Bonchev–Trinajstić information content (AvgIpc) is 3.12. The van der Waals surface area contributed by atoms with E-state index in [2.05, 4.69) is 0 Å². The Hall–Kier alpha value is -1.58. The zero-order valence-corrected chi connectivity index (χ0v) is 9.95. The Morgan fingerprint density at radius 3 is 2.82 bits per heavy atom. The highest BCUT2D eigenvalue weighted by atomic mass is 19.1. The van der Waals surface area contributed by atoms with Crippen LogP contribution < -0.4 is 5.73 Å². The van der Waals surface area contributed by atoms with Crippen molar-refractivity contribution in [3.63, 3.8) is 0 Å². The second-order valence-electron chi connectivity index (χ2n) is 4.52. The van der Waals surface area contributed by atoms with Crippen LogP contribution in [-0.4, -0.2) is 23.9 Å². The van der Waals surface area contributed by atoms with Crippen LogP contribution in [0.1, 0.15) is 30.1 Å². The largest absolute Gasteiger partial charge is 0.398 e. The van der Waals surface area contributed by atoms with Gasteiger partial charge in [-0.15, -0.1) is 0 Å². The van der Waals surface area contributed by atoms with E-state index in [1.165, 1.54) is 31.0 Å². The fraction of sp³-hybridized carbons (Fsp3) is 0.462. The number of nitrogen functional groups attached to an aromatic ring is 1. The summed E-state index contributed by atoms with van der Waals surface area (Å²) in [5.74, 6) is 0.0232. The maximum atomic E-state index is 13.1. The van der Waals surface area contributed by atoms with Crippen LogP contribution in [0.2, 0.25) is 0 Å². The Morgan fingerprint density at radius 2 is 2.24 bits per heavy atom. The molecule has 17 heavy (non-hydrogen) atoms. The molecule has 0 spiro atoms. The van der Waals surface area contributed by atoms with Gasteiger partial charge in [-0.2, -0.15) is 0 Å². The number of halogens is 1. The van der Waals surface area contributed by atoms with Crippen LogP contribution in [0.25, 0.3) is 0 Å². The third-order valence-corrected chi connectivity index (χ3v) is 3.09. The van der Waals surface area contributed by atoms with Gasteiger partial charge < -0.3 is 10.6 Å². The predicted octanol–water partition coefficient (Wildman–Crippen LogP) is 2.28. The summed E-state index contributed by atoms with van der Waals surface area (Å²) >= 11 is 0. The van der Waals surface area contributed by atoms with Gasteiger partial charge in [0.2, 0.25) is 0 Å². The predicted molar refractivity (Wildman–Crippen MR) is 65.1 cm³/mol. The number of nitrogens with zero attached hydrogens (tertiary/aromatic N) is 1. The molecule has 0 aromatic heterocycles. The minimum Gasteiger partial charge on any atom is -0.398 e. The highest BCUT2D eigenvalue weighted by Gasteiger charge is 2.27. The van der Waals surface area contributed by atoms with Crippen molar-refractivity contribution in [1.29, 1.82) is 0 Å². The maximum Gasteiger partial charge on any atom is 0.256 e. The molecule has 3 nitrogen and oxygen atoms in total. The number of rotatable bonds is 4. The molecule has 1 fully saturated rings. The molecule has 1 aromatic rings. The van der Waals surface area contributed by atoms with Gasteiger partial charge in [0, 0.05) is 18.8 Å². The van der Waals surface area contributed by atoms with Crippen LogP contribution in [0, 0.1) is 11.7 Å². The lowest BCUT2D eigenvalue weighted by molar-refractivity contribution is 0.0757. The van der Waals surface area contributed by atoms with E-state index in [1.54, 1.807) is 4.90 Å². The number of nitrogens with two attached hydrogens (primary N) is 1. The van der Waals surface area contributed by atoms with Crippen molar-refractivity contribution in [3.05, 3.63) is 29.6 Å². The minimum absolute atomic E-state index is 0.170.